The number of hydrogen-bond acceptors (Lipinski definition) is 2. The lowest BCUT2D eigenvalue weighted by atomic mass is 10.1. The maximum Gasteiger partial charge on any atom is 0.0610 e. The minimum absolute atomic E-state index is 0.591. The zero-order valence-corrected chi connectivity index (χ0v) is 9.17. The van der Waals surface area contributed by atoms with E-state index in [0.717, 1.165) is 6.54 Å². The van der Waals surface area contributed by atoms with Gasteiger partial charge < -0.3 is 10.2 Å². The molecule has 1 aliphatic heterocycles. The van der Waals surface area contributed by atoms with Crippen LogP contribution in [0.1, 0.15) is 18.9 Å². The number of rotatable bonds is 1. The fourth-order valence-corrected chi connectivity index (χ4v) is 2.07. The minimum Gasteiger partial charge on any atom is -0.379 e. The lowest BCUT2D eigenvalue weighted by Gasteiger charge is -2.35. The first-order valence-corrected chi connectivity index (χ1v) is 5.29. The maximum absolute atomic E-state index is 3.60. The highest BCUT2D eigenvalue weighted by Gasteiger charge is 2.20. The van der Waals surface area contributed by atoms with Crippen LogP contribution >= 0.6 is 0 Å². The van der Waals surface area contributed by atoms with Gasteiger partial charge in [-0.25, -0.2) is 0 Å². The second-order valence-electron chi connectivity index (χ2n) is 4.10. The van der Waals surface area contributed by atoms with E-state index < -0.39 is 0 Å². The van der Waals surface area contributed by atoms with Crippen molar-refractivity contribution in [2.24, 2.45) is 0 Å². The van der Waals surface area contributed by atoms with Crippen molar-refractivity contribution < 1.29 is 0 Å². The van der Waals surface area contributed by atoms with Gasteiger partial charge in [-0.1, -0.05) is 19.1 Å². The number of nitrogens with zero attached hydrogens (tertiary/aromatic N) is 1. The Morgan fingerprint density at radius 1 is 1.50 bits per heavy atom. The number of nitrogens with one attached hydrogen (secondary N) is 1. The summed E-state index contributed by atoms with van der Waals surface area (Å²) in [5.74, 6) is 0. The van der Waals surface area contributed by atoms with Crippen LogP contribution in [0.25, 0.3) is 0 Å². The summed E-state index contributed by atoms with van der Waals surface area (Å²) in [5.41, 5.74) is 3.98. The summed E-state index contributed by atoms with van der Waals surface area (Å²) in [4.78, 5) is 2.34. The van der Waals surface area contributed by atoms with Gasteiger partial charge in [0.2, 0.25) is 0 Å². The molecule has 0 amide bonds. The smallest absolute Gasteiger partial charge is 0.0610 e. The van der Waals surface area contributed by atoms with Gasteiger partial charge in [0.05, 0.1) is 11.4 Å². The third-order valence-corrected chi connectivity index (χ3v) is 3.00. The first kappa shape index (κ1) is 9.38. The van der Waals surface area contributed by atoms with Crippen LogP contribution in [0.4, 0.5) is 11.4 Å². The van der Waals surface area contributed by atoms with E-state index in [1.807, 2.05) is 0 Å². The molecule has 0 radical (unpaired) electrons. The molecule has 2 heteroatoms. The van der Waals surface area contributed by atoms with Crippen molar-refractivity contribution in [2.45, 2.75) is 26.3 Å². The molecule has 1 unspecified atom stereocenters. The van der Waals surface area contributed by atoms with E-state index in [0.29, 0.717) is 6.04 Å². The van der Waals surface area contributed by atoms with Crippen molar-refractivity contribution in [3.8, 4) is 0 Å². The van der Waals surface area contributed by atoms with Crippen LogP contribution in [-0.2, 0) is 0 Å². The Bertz CT molecular complexity index is 333. The van der Waals surface area contributed by atoms with Crippen LogP contribution in [-0.4, -0.2) is 19.6 Å². The number of hydrogen-bond donors (Lipinski definition) is 1. The standard InChI is InChI=1S/C12H18N2/c1-4-10-8-14(3)11-7-5-6-9(2)12(11)13-10/h5-7,10,13H,4,8H2,1-3H3. The quantitative estimate of drug-likeness (QED) is 0.732. The lowest BCUT2D eigenvalue weighted by Crippen LogP contribution is -2.39. The van der Waals surface area contributed by atoms with Gasteiger partial charge in [0, 0.05) is 19.6 Å². The van der Waals surface area contributed by atoms with Gasteiger partial charge in [-0.3, -0.25) is 0 Å². The van der Waals surface area contributed by atoms with Crippen molar-refractivity contribution in [1.82, 2.24) is 0 Å². The summed E-state index contributed by atoms with van der Waals surface area (Å²) in [6, 6.07) is 7.06. The Kier molecular flexibility index (Phi) is 2.36. The molecule has 1 N–H and O–H groups in total. The Balaban J connectivity index is 2.40. The van der Waals surface area contributed by atoms with E-state index in [9.17, 15) is 0 Å². The van der Waals surface area contributed by atoms with E-state index in [2.05, 4.69) is 49.3 Å². The Labute approximate surface area is 85.9 Å². The molecule has 2 nitrogen and oxygen atoms in total. The maximum atomic E-state index is 3.60. The van der Waals surface area contributed by atoms with Crippen molar-refractivity contribution in [1.29, 1.82) is 0 Å². The van der Waals surface area contributed by atoms with Gasteiger partial charge in [-0.05, 0) is 25.0 Å². The second kappa shape index (κ2) is 3.52. The van der Waals surface area contributed by atoms with Crippen LogP contribution in [0.15, 0.2) is 18.2 Å². The van der Waals surface area contributed by atoms with Crippen LogP contribution < -0.4 is 10.2 Å². The average molecular weight is 190 g/mol. The number of fused-ring (bicyclic) bond motifs is 1. The molecule has 1 aromatic rings. The molecule has 0 spiro atoms. The highest BCUT2D eigenvalue weighted by atomic mass is 15.2. The minimum atomic E-state index is 0.591. The first-order chi connectivity index (χ1) is 6.72. The third-order valence-electron chi connectivity index (χ3n) is 3.00. The SMILES string of the molecule is CCC1CN(C)c2cccc(C)c2N1. The first-order valence-electron chi connectivity index (χ1n) is 5.29. The molecule has 1 atom stereocenters. The predicted molar refractivity (Wildman–Crippen MR) is 62.2 cm³/mol. The Morgan fingerprint density at radius 3 is 3.00 bits per heavy atom. The fourth-order valence-electron chi connectivity index (χ4n) is 2.07. The van der Waals surface area contributed by atoms with Crippen molar-refractivity contribution >= 4 is 11.4 Å². The highest BCUT2D eigenvalue weighted by molar-refractivity contribution is 5.75. The van der Waals surface area contributed by atoms with Crippen molar-refractivity contribution in [3.05, 3.63) is 23.8 Å². The summed E-state index contributed by atoms with van der Waals surface area (Å²) in [7, 11) is 2.17. The van der Waals surface area contributed by atoms with Gasteiger partial charge >= 0.3 is 0 Å². The summed E-state index contributed by atoms with van der Waals surface area (Å²) in [5, 5.41) is 3.60. The predicted octanol–water partition coefficient (Wildman–Crippen LogP) is 2.64. The zero-order chi connectivity index (χ0) is 10.1. The monoisotopic (exact) mass is 190 g/mol. The van der Waals surface area contributed by atoms with E-state index in [-0.39, 0.29) is 0 Å². The van der Waals surface area contributed by atoms with E-state index in [1.54, 1.807) is 0 Å². The van der Waals surface area contributed by atoms with Gasteiger partial charge in [0.25, 0.3) is 0 Å². The number of anilines is 2. The van der Waals surface area contributed by atoms with Crippen molar-refractivity contribution in [2.75, 3.05) is 23.8 Å². The molecule has 0 fully saturated rings. The summed E-state index contributed by atoms with van der Waals surface area (Å²) < 4.78 is 0. The average Bonchev–Trinajstić information content (AvgIpc) is 2.19. The molecule has 1 aromatic carbocycles. The summed E-state index contributed by atoms with van der Waals surface area (Å²) in [6.45, 7) is 5.50. The Hall–Kier alpha value is -1.18. The van der Waals surface area contributed by atoms with Crippen LogP contribution in [0.5, 0.6) is 0 Å². The Morgan fingerprint density at radius 2 is 2.29 bits per heavy atom. The number of para-hydroxylation sites is 1. The van der Waals surface area contributed by atoms with Crippen LogP contribution in [0, 0.1) is 6.92 Å². The molecule has 0 aliphatic carbocycles. The molecule has 1 heterocycles. The molecule has 0 bridgehead atoms. The van der Waals surface area contributed by atoms with Crippen LogP contribution in [0.2, 0.25) is 0 Å². The van der Waals surface area contributed by atoms with Gasteiger partial charge in [-0.15, -0.1) is 0 Å². The molecule has 0 saturated carbocycles. The normalized spacial score (nSPS) is 20.2. The molecule has 76 valence electrons. The topological polar surface area (TPSA) is 15.3 Å². The fraction of sp³-hybridized carbons (Fsp3) is 0.500. The van der Waals surface area contributed by atoms with E-state index in [1.165, 1.54) is 23.4 Å². The third kappa shape index (κ3) is 1.45. The zero-order valence-electron chi connectivity index (χ0n) is 9.17. The molecular formula is C12H18N2. The van der Waals surface area contributed by atoms with Crippen LogP contribution in [0.3, 0.4) is 0 Å². The van der Waals surface area contributed by atoms with Gasteiger partial charge in [0.15, 0.2) is 0 Å². The van der Waals surface area contributed by atoms with E-state index in [4.69, 9.17) is 0 Å². The molecule has 0 aromatic heterocycles. The number of likely N-dealkylation sites (N-methyl/N-ethyl adjacent to an activating group) is 1. The highest BCUT2D eigenvalue weighted by Crippen LogP contribution is 2.32. The van der Waals surface area contributed by atoms with Crippen molar-refractivity contribution in [3.63, 3.8) is 0 Å². The van der Waals surface area contributed by atoms with Gasteiger partial charge in [0.1, 0.15) is 0 Å². The lowest BCUT2D eigenvalue weighted by molar-refractivity contribution is 0.661. The largest absolute Gasteiger partial charge is 0.379 e. The molecule has 14 heavy (non-hydrogen) atoms. The van der Waals surface area contributed by atoms with E-state index >= 15 is 0 Å². The molecule has 2 rings (SSSR count). The number of aryl methyl sites for hydroxylation is 1. The summed E-state index contributed by atoms with van der Waals surface area (Å²) in [6.07, 6.45) is 1.18. The molecule has 0 saturated heterocycles. The number of benzene rings is 1. The summed E-state index contributed by atoms with van der Waals surface area (Å²) >= 11 is 0. The second-order valence-corrected chi connectivity index (χ2v) is 4.10. The molecule has 1 aliphatic rings. The van der Waals surface area contributed by atoms with Gasteiger partial charge in [-0.2, -0.15) is 0 Å². The molecular weight excluding hydrogens is 172 g/mol.